The molecule has 3 aliphatic rings. The number of rotatable bonds is 6. The molecule has 1 aliphatic carbocycles. The quantitative estimate of drug-likeness (QED) is 0.130. The van der Waals surface area contributed by atoms with Crippen LogP contribution in [0.3, 0.4) is 0 Å². The van der Waals surface area contributed by atoms with Crippen molar-refractivity contribution in [3.63, 3.8) is 0 Å². The monoisotopic (exact) mass is 623 g/mol. The van der Waals surface area contributed by atoms with Gasteiger partial charge in [-0.1, -0.05) is 36.4 Å². The molecule has 0 spiro atoms. The van der Waals surface area contributed by atoms with Crippen LogP contribution in [0.2, 0.25) is 0 Å². The van der Waals surface area contributed by atoms with Gasteiger partial charge >= 0.3 is 26.5 Å². The summed E-state index contributed by atoms with van der Waals surface area (Å²) in [5, 5.41) is 0.984. The van der Waals surface area contributed by atoms with Gasteiger partial charge in [0, 0.05) is 32.8 Å². The van der Waals surface area contributed by atoms with Crippen LogP contribution in [0.25, 0.3) is 21.8 Å². The summed E-state index contributed by atoms with van der Waals surface area (Å²) in [6.45, 7) is -0.515. The summed E-state index contributed by atoms with van der Waals surface area (Å²) >= 11 is 0. The Morgan fingerprint density at radius 3 is 1.91 bits per heavy atom. The minimum atomic E-state index is -4.77. The van der Waals surface area contributed by atoms with Crippen molar-refractivity contribution < 1.29 is 44.4 Å². The van der Waals surface area contributed by atoms with Gasteiger partial charge in [-0.15, -0.1) is 9.35 Å². The highest BCUT2D eigenvalue weighted by Gasteiger charge is 2.73. The molecule has 2 aromatic carbocycles. The predicted molar refractivity (Wildman–Crippen MR) is 143 cm³/mol. The second-order valence-corrected chi connectivity index (χ2v) is 13.3. The number of pyridine rings is 2. The van der Waals surface area contributed by atoms with Crippen molar-refractivity contribution in [1.29, 1.82) is 0 Å². The van der Waals surface area contributed by atoms with Crippen molar-refractivity contribution in [2.24, 2.45) is 23.7 Å². The Kier molecular flexibility index (Phi) is 6.04. The van der Waals surface area contributed by atoms with Gasteiger partial charge in [0.1, 0.15) is 21.6 Å². The number of carbonyl (C=O) groups excluding carboxylic acids is 3. The van der Waals surface area contributed by atoms with Crippen LogP contribution in [0.15, 0.2) is 82.8 Å². The smallest absolute Gasteiger partial charge is 0.298 e. The molecule has 43 heavy (non-hydrogen) atoms. The summed E-state index contributed by atoms with van der Waals surface area (Å²) in [7, 11) is -9.42. The Bertz CT molecular complexity index is 2130. The van der Waals surface area contributed by atoms with Crippen LogP contribution in [0.5, 0.6) is 0 Å². The number of hydrogen-bond acceptors (Lipinski definition) is 12. The van der Waals surface area contributed by atoms with Crippen LogP contribution < -0.4 is 0 Å². The fourth-order valence-electron chi connectivity index (χ4n) is 6.16. The van der Waals surface area contributed by atoms with Crippen molar-refractivity contribution in [2.45, 2.75) is 16.0 Å². The Balaban J connectivity index is 1.17. The molecule has 2 aromatic heterocycles. The number of hydrogen-bond donors (Lipinski definition) is 0. The largest absolute Gasteiger partial charge is 0.329 e. The number of para-hydroxylation sites is 2. The van der Waals surface area contributed by atoms with Crippen LogP contribution >= 0.6 is 0 Å². The Morgan fingerprint density at radius 2 is 1.30 bits per heavy atom. The number of carbonyl (C=O) groups is 3. The maximum absolute atomic E-state index is 13.5. The number of aromatic nitrogens is 2. The molecule has 2 saturated heterocycles. The van der Waals surface area contributed by atoms with Gasteiger partial charge in [0.2, 0.25) is 0 Å². The summed E-state index contributed by atoms with van der Waals surface area (Å²) in [5.41, 5.74) is 0.133. The maximum atomic E-state index is 13.5. The summed E-state index contributed by atoms with van der Waals surface area (Å²) in [4.78, 5) is 60.5. The molecule has 4 aromatic rings. The molecule has 2 aliphatic heterocycles. The molecule has 16 heteroatoms. The minimum Gasteiger partial charge on any atom is -0.298 e. The number of amides is 2. The molecular formula is C27H19N4O10S2+. The number of benzene rings is 2. The Hall–Kier alpha value is -4.51. The molecule has 218 valence electrons. The first-order valence-electron chi connectivity index (χ1n) is 12.9. The zero-order chi connectivity index (χ0) is 30.3. The predicted octanol–water partition coefficient (Wildman–Crippen LogP) is 1.34. The van der Waals surface area contributed by atoms with Crippen LogP contribution in [-0.2, 0) is 43.1 Å². The first kappa shape index (κ1) is 27.3. The van der Waals surface area contributed by atoms with Gasteiger partial charge < -0.3 is 0 Å². The normalized spacial score (nSPS) is 25.6. The Labute approximate surface area is 243 Å². The maximum Gasteiger partial charge on any atom is 0.329 e. The lowest BCUT2D eigenvalue weighted by atomic mass is 9.90. The molecule has 0 bridgehead atoms. The van der Waals surface area contributed by atoms with E-state index in [-0.39, 0.29) is 25.8 Å². The van der Waals surface area contributed by atoms with Gasteiger partial charge in [0.15, 0.2) is 12.3 Å². The number of ketones is 1. The lowest BCUT2D eigenvalue weighted by Gasteiger charge is -2.17. The van der Waals surface area contributed by atoms with Crippen LogP contribution in [0.1, 0.15) is 0 Å². The summed E-state index contributed by atoms with van der Waals surface area (Å²) < 4.78 is 63.4. The number of hydroxylamine groups is 2. The summed E-state index contributed by atoms with van der Waals surface area (Å²) in [6, 6.07) is 15.0. The second kappa shape index (κ2) is 9.50. The highest BCUT2D eigenvalue weighted by atomic mass is 32.2. The van der Waals surface area contributed by atoms with Crippen molar-refractivity contribution in [3.05, 3.63) is 78.0 Å². The van der Waals surface area contributed by atoms with Crippen molar-refractivity contribution >= 4 is 59.6 Å². The molecule has 3 fully saturated rings. The van der Waals surface area contributed by atoms with Gasteiger partial charge in [-0.05, 0) is 24.3 Å². The van der Waals surface area contributed by atoms with E-state index in [0.717, 1.165) is 0 Å². The highest BCUT2D eigenvalue weighted by molar-refractivity contribution is 7.87. The Morgan fingerprint density at radius 1 is 0.744 bits per heavy atom. The molecule has 4 heterocycles. The van der Waals surface area contributed by atoms with Gasteiger partial charge in [0.25, 0.3) is 11.8 Å². The van der Waals surface area contributed by atoms with Crippen LogP contribution in [-0.4, -0.2) is 67.0 Å². The van der Waals surface area contributed by atoms with E-state index in [9.17, 15) is 36.1 Å². The molecule has 7 rings (SSSR count). The third kappa shape index (κ3) is 4.09. The number of Topliss-reactive ketones (excluding diaryl/α,β-unsaturated/α-hetero) is 1. The lowest BCUT2D eigenvalue weighted by molar-refractivity contribution is -0.603. The van der Waals surface area contributed by atoms with E-state index < -0.39 is 79.2 Å². The SMILES string of the molecule is O=C1C2C(=O)N(OS(=O)(=O)c3cccc4cccnc34)C(=O)C2C2C[N+](=O)C(OS(=O)(=O)c3cccc4cccnc34)C12. The van der Waals surface area contributed by atoms with E-state index in [1.807, 2.05) is 0 Å². The zero-order valence-electron chi connectivity index (χ0n) is 21.7. The van der Waals surface area contributed by atoms with E-state index in [0.29, 0.717) is 10.8 Å². The minimum absolute atomic E-state index is 0.0302. The summed E-state index contributed by atoms with van der Waals surface area (Å²) in [5.74, 6) is -8.99. The average Bonchev–Trinajstić information content (AvgIpc) is 3.54. The standard InChI is InChI=1S/C27H19N4O10S2/c32-24-20-16(13-30(35)27(20)40-42(36,37)17-9-1-5-14-7-3-11-28-22(14)17)19-21(24)26(34)31(25(19)33)41-43(38,39)18-10-2-6-15-8-4-12-29-23(15)18/h1-12,16,19-21,27H,13H2/q+1. The molecule has 2 amide bonds. The van der Waals surface area contributed by atoms with E-state index >= 15 is 0 Å². The first-order valence-corrected chi connectivity index (χ1v) is 15.7. The molecular weight excluding hydrogens is 604 g/mol. The van der Waals surface area contributed by atoms with Gasteiger partial charge in [-0.25, -0.2) is 0 Å². The average molecular weight is 624 g/mol. The van der Waals surface area contributed by atoms with Gasteiger partial charge in [0.05, 0.1) is 22.9 Å². The van der Waals surface area contributed by atoms with Crippen molar-refractivity contribution in [2.75, 3.05) is 6.54 Å². The number of fused-ring (bicyclic) bond motifs is 5. The van der Waals surface area contributed by atoms with E-state index in [2.05, 4.69) is 9.97 Å². The fraction of sp³-hybridized carbons (Fsp3) is 0.222. The second-order valence-electron chi connectivity index (χ2n) is 10.3. The number of nitrogens with zero attached hydrogens (tertiary/aromatic N) is 4. The lowest BCUT2D eigenvalue weighted by Crippen LogP contribution is -2.39. The third-order valence-electron chi connectivity index (χ3n) is 7.98. The van der Waals surface area contributed by atoms with Crippen LogP contribution in [0, 0.1) is 28.6 Å². The van der Waals surface area contributed by atoms with Crippen molar-refractivity contribution in [3.8, 4) is 0 Å². The first-order chi connectivity index (χ1) is 20.5. The van der Waals surface area contributed by atoms with Crippen LogP contribution in [0.4, 0.5) is 0 Å². The fourth-order valence-corrected chi connectivity index (χ4v) is 8.47. The molecule has 5 unspecified atom stereocenters. The number of imide groups is 1. The third-order valence-corrected chi connectivity index (χ3v) is 10.5. The zero-order valence-corrected chi connectivity index (χ0v) is 23.3. The molecule has 14 nitrogen and oxygen atoms in total. The molecule has 1 saturated carbocycles. The summed E-state index contributed by atoms with van der Waals surface area (Å²) in [6.07, 6.45) is 0.893. The number of nitroso groups, excluding NO2 is 1. The van der Waals surface area contributed by atoms with E-state index in [1.54, 1.807) is 36.4 Å². The van der Waals surface area contributed by atoms with Crippen molar-refractivity contribution in [1.82, 2.24) is 15.0 Å². The highest BCUT2D eigenvalue weighted by Crippen LogP contribution is 2.51. The molecule has 0 radical (unpaired) electrons. The molecule has 5 atom stereocenters. The van der Waals surface area contributed by atoms with Gasteiger partial charge in [-0.2, -0.15) is 21.0 Å². The van der Waals surface area contributed by atoms with Gasteiger partial charge in [-0.3, -0.25) is 24.4 Å². The van der Waals surface area contributed by atoms with E-state index in [4.69, 9.17) is 8.47 Å². The topological polar surface area (TPSA) is 187 Å². The molecule has 0 N–H and O–H groups in total. The van der Waals surface area contributed by atoms with E-state index in [1.165, 1.54) is 36.7 Å².